The summed E-state index contributed by atoms with van der Waals surface area (Å²) in [7, 11) is 2.02. The number of benzene rings is 1. The first kappa shape index (κ1) is 19.2. The van der Waals surface area contributed by atoms with Gasteiger partial charge in [-0.25, -0.2) is 0 Å². The highest BCUT2D eigenvalue weighted by Crippen LogP contribution is 2.28. The lowest BCUT2D eigenvalue weighted by atomic mass is 10.0. The van der Waals surface area contributed by atoms with E-state index in [1.54, 1.807) is 0 Å². The van der Waals surface area contributed by atoms with Crippen molar-refractivity contribution in [1.82, 2.24) is 19.6 Å². The molecule has 4 rings (SSSR count). The first-order chi connectivity index (χ1) is 13.7. The van der Waals surface area contributed by atoms with E-state index in [-0.39, 0.29) is 5.91 Å². The van der Waals surface area contributed by atoms with Gasteiger partial charge in [0.2, 0.25) is 5.91 Å². The van der Waals surface area contributed by atoms with Gasteiger partial charge in [-0.1, -0.05) is 30.3 Å². The Morgan fingerprint density at radius 2 is 1.82 bits per heavy atom. The molecule has 0 aliphatic carbocycles. The van der Waals surface area contributed by atoms with Crippen LogP contribution in [-0.2, 0) is 29.4 Å². The molecule has 6 heteroatoms. The number of hydrogen-bond acceptors (Lipinski definition) is 4. The highest BCUT2D eigenvalue weighted by atomic mass is 16.5. The van der Waals surface area contributed by atoms with Gasteiger partial charge in [-0.3, -0.25) is 14.4 Å². The van der Waals surface area contributed by atoms with Gasteiger partial charge in [-0.2, -0.15) is 5.10 Å². The number of carbonyl (C=O) groups excluding carboxylic acids is 1. The zero-order valence-electron chi connectivity index (χ0n) is 16.8. The van der Waals surface area contributed by atoms with Gasteiger partial charge in [0.05, 0.1) is 18.9 Å². The lowest BCUT2D eigenvalue weighted by molar-refractivity contribution is -0.131. The highest BCUT2D eigenvalue weighted by Gasteiger charge is 2.24. The molecule has 0 bridgehead atoms. The van der Waals surface area contributed by atoms with Crippen LogP contribution >= 0.6 is 0 Å². The van der Waals surface area contributed by atoms with Gasteiger partial charge in [0, 0.05) is 62.9 Å². The molecule has 1 fully saturated rings. The highest BCUT2D eigenvalue weighted by molar-refractivity contribution is 5.76. The average molecular weight is 383 g/mol. The van der Waals surface area contributed by atoms with Crippen LogP contribution in [0, 0.1) is 0 Å². The molecule has 2 aliphatic heterocycles. The Hall–Kier alpha value is -2.18. The molecule has 150 valence electrons. The summed E-state index contributed by atoms with van der Waals surface area (Å²) in [5.41, 5.74) is 4.80. The SMILES string of the molecule is Cn1nc(-c2ccccc2)c2c1CCN(C(=O)CCCN1CCOCC1)CC2. The van der Waals surface area contributed by atoms with Crippen molar-refractivity contribution >= 4 is 5.91 Å². The number of hydrogen-bond donors (Lipinski definition) is 0. The molecule has 3 heterocycles. The number of rotatable bonds is 5. The quantitative estimate of drug-likeness (QED) is 0.795. The molecule has 1 aromatic carbocycles. The van der Waals surface area contributed by atoms with E-state index in [9.17, 15) is 4.79 Å². The molecule has 0 saturated carbocycles. The fraction of sp³-hybridized carbons (Fsp3) is 0.545. The second kappa shape index (κ2) is 8.88. The molecule has 2 aromatic rings. The van der Waals surface area contributed by atoms with Gasteiger partial charge in [0.1, 0.15) is 0 Å². The molecule has 6 nitrogen and oxygen atoms in total. The number of aryl methyl sites for hydroxylation is 1. The zero-order chi connectivity index (χ0) is 19.3. The van der Waals surface area contributed by atoms with Crippen LogP contribution in [0.2, 0.25) is 0 Å². The number of fused-ring (bicyclic) bond motifs is 1. The van der Waals surface area contributed by atoms with Crippen LogP contribution in [0.5, 0.6) is 0 Å². The molecule has 28 heavy (non-hydrogen) atoms. The van der Waals surface area contributed by atoms with Crippen LogP contribution < -0.4 is 0 Å². The Kier molecular flexibility index (Phi) is 6.07. The van der Waals surface area contributed by atoms with Gasteiger partial charge in [0.15, 0.2) is 0 Å². The second-order valence-electron chi connectivity index (χ2n) is 7.70. The van der Waals surface area contributed by atoms with E-state index in [0.717, 1.165) is 76.5 Å². The number of morpholine rings is 1. The number of ether oxygens (including phenoxy) is 1. The van der Waals surface area contributed by atoms with E-state index in [1.165, 1.54) is 11.3 Å². The fourth-order valence-electron chi connectivity index (χ4n) is 4.29. The van der Waals surface area contributed by atoms with Crippen molar-refractivity contribution in [3.05, 3.63) is 41.6 Å². The number of nitrogens with zero attached hydrogens (tertiary/aromatic N) is 4. The predicted octanol–water partition coefficient (Wildman–Crippen LogP) is 2.13. The maximum Gasteiger partial charge on any atom is 0.222 e. The molecule has 0 spiro atoms. The van der Waals surface area contributed by atoms with Crippen molar-refractivity contribution in [3.63, 3.8) is 0 Å². The predicted molar refractivity (Wildman–Crippen MR) is 109 cm³/mol. The van der Waals surface area contributed by atoms with E-state index in [2.05, 4.69) is 29.2 Å². The summed E-state index contributed by atoms with van der Waals surface area (Å²) in [6, 6.07) is 10.4. The third-order valence-corrected chi connectivity index (χ3v) is 5.89. The minimum atomic E-state index is 0.287. The van der Waals surface area contributed by atoms with Crippen LogP contribution in [0.15, 0.2) is 30.3 Å². The number of carbonyl (C=O) groups is 1. The Balaban J connectivity index is 1.36. The van der Waals surface area contributed by atoms with Gasteiger partial charge in [-0.05, 0) is 19.4 Å². The molecule has 0 radical (unpaired) electrons. The average Bonchev–Trinajstić information content (AvgIpc) is 2.90. The fourth-order valence-corrected chi connectivity index (χ4v) is 4.29. The summed E-state index contributed by atoms with van der Waals surface area (Å²) in [5.74, 6) is 0.287. The van der Waals surface area contributed by atoms with Gasteiger partial charge in [-0.15, -0.1) is 0 Å². The standard InChI is InChI=1S/C22H30N4O2/c1-24-20-10-13-26(21(27)8-5-11-25-14-16-28-17-15-25)12-9-19(20)22(23-24)18-6-3-2-4-7-18/h2-4,6-7H,5,8-17H2,1H3. The number of aromatic nitrogens is 2. The van der Waals surface area contributed by atoms with Gasteiger partial charge >= 0.3 is 0 Å². The lowest BCUT2D eigenvalue weighted by Gasteiger charge is -2.27. The van der Waals surface area contributed by atoms with Crippen molar-refractivity contribution in [2.75, 3.05) is 45.9 Å². The van der Waals surface area contributed by atoms with Crippen LogP contribution in [0.25, 0.3) is 11.3 Å². The lowest BCUT2D eigenvalue weighted by Crippen LogP contribution is -2.38. The van der Waals surface area contributed by atoms with Crippen LogP contribution in [0.1, 0.15) is 24.1 Å². The van der Waals surface area contributed by atoms with Crippen molar-refractivity contribution in [1.29, 1.82) is 0 Å². The smallest absolute Gasteiger partial charge is 0.222 e. The topological polar surface area (TPSA) is 50.6 Å². The molecule has 0 unspecified atom stereocenters. The normalized spacial score (nSPS) is 18.0. The molecule has 0 atom stereocenters. The minimum absolute atomic E-state index is 0.287. The molecule has 1 aromatic heterocycles. The van der Waals surface area contributed by atoms with E-state index in [4.69, 9.17) is 9.84 Å². The summed E-state index contributed by atoms with van der Waals surface area (Å²) < 4.78 is 7.39. The van der Waals surface area contributed by atoms with Gasteiger partial charge < -0.3 is 9.64 Å². The van der Waals surface area contributed by atoms with Crippen molar-refractivity contribution in [3.8, 4) is 11.3 Å². The van der Waals surface area contributed by atoms with Crippen LogP contribution in [-0.4, -0.2) is 71.4 Å². The van der Waals surface area contributed by atoms with E-state index < -0.39 is 0 Å². The molecular formula is C22H30N4O2. The van der Waals surface area contributed by atoms with E-state index in [1.807, 2.05) is 22.7 Å². The zero-order valence-corrected chi connectivity index (χ0v) is 16.8. The van der Waals surface area contributed by atoms with E-state index in [0.29, 0.717) is 6.42 Å². The first-order valence-electron chi connectivity index (χ1n) is 10.4. The Labute approximate surface area is 167 Å². The van der Waals surface area contributed by atoms with Crippen LogP contribution in [0.3, 0.4) is 0 Å². The summed E-state index contributed by atoms with van der Waals surface area (Å²) in [5, 5.41) is 4.77. The van der Waals surface area contributed by atoms with Crippen molar-refractivity contribution in [2.45, 2.75) is 25.7 Å². The molecule has 2 aliphatic rings. The number of amides is 1. The summed E-state index contributed by atoms with van der Waals surface area (Å²) >= 11 is 0. The summed E-state index contributed by atoms with van der Waals surface area (Å²) in [4.78, 5) is 17.2. The molecular weight excluding hydrogens is 352 g/mol. The van der Waals surface area contributed by atoms with Crippen molar-refractivity contribution in [2.24, 2.45) is 7.05 Å². The van der Waals surface area contributed by atoms with E-state index >= 15 is 0 Å². The Morgan fingerprint density at radius 3 is 2.61 bits per heavy atom. The van der Waals surface area contributed by atoms with Crippen molar-refractivity contribution < 1.29 is 9.53 Å². The van der Waals surface area contributed by atoms with Crippen LogP contribution in [0.4, 0.5) is 0 Å². The summed E-state index contributed by atoms with van der Waals surface area (Å²) in [6.07, 6.45) is 3.32. The molecule has 0 N–H and O–H groups in total. The largest absolute Gasteiger partial charge is 0.379 e. The molecule has 1 saturated heterocycles. The Bertz CT molecular complexity index is 796. The Morgan fingerprint density at radius 1 is 1.07 bits per heavy atom. The maximum absolute atomic E-state index is 12.8. The minimum Gasteiger partial charge on any atom is -0.379 e. The third kappa shape index (κ3) is 4.28. The third-order valence-electron chi connectivity index (χ3n) is 5.89. The second-order valence-corrected chi connectivity index (χ2v) is 7.70. The summed E-state index contributed by atoms with van der Waals surface area (Å²) in [6.45, 7) is 6.18. The first-order valence-corrected chi connectivity index (χ1v) is 10.4. The maximum atomic E-state index is 12.8. The van der Waals surface area contributed by atoms with Gasteiger partial charge in [0.25, 0.3) is 0 Å². The monoisotopic (exact) mass is 382 g/mol. The molecule has 1 amide bonds.